The van der Waals surface area contributed by atoms with Gasteiger partial charge in [-0.1, -0.05) is 18.2 Å². The molecular formula is C21H22N2O6. The van der Waals surface area contributed by atoms with E-state index in [1.165, 1.54) is 18.9 Å². The molecule has 29 heavy (non-hydrogen) atoms. The predicted octanol–water partition coefficient (Wildman–Crippen LogP) is 2.26. The van der Waals surface area contributed by atoms with Crippen molar-refractivity contribution in [2.24, 2.45) is 0 Å². The molecule has 0 bridgehead atoms. The number of hydrogen-bond acceptors (Lipinski definition) is 6. The van der Waals surface area contributed by atoms with Gasteiger partial charge in [0, 0.05) is 26.4 Å². The van der Waals surface area contributed by atoms with E-state index in [1.54, 1.807) is 30.3 Å². The Morgan fingerprint density at radius 1 is 1.10 bits per heavy atom. The van der Waals surface area contributed by atoms with Crippen LogP contribution in [0.5, 0.6) is 11.5 Å². The molecule has 1 aliphatic rings. The highest BCUT2D eigenvalue weighted by Crippen LogP contribution is 2.32. The van der Waals surface area contributed by atoms with Crippen molar-refractivity contribution in [3.63, 3.8) is 0 Å². The Hall–Kier alpha value is -3.55. The van der Waals surface area contributed by atoms with E-state index in [0.717, 1.165) is 5.56 Å². The maximum Gasteiger partial charge on any atom is 0.339 e. The molecule has 3 rings (SSSR count). The molecule has 0 fully saturated rings. The number of esters is 1. The second-order valence-electron chi connectivity index (χ2n) is 6.39. The summed E-state index contributed by atoms with van der Waals surface area (Å²) >= 11 is 0. The number of nitrogens with one attached hydrogen (secondary N) is 1. The van der Waals surface area contributed by atoms with Crippen molar-refractivity contribution >= 4 is 23.5 Å². The molecule has 0 aromatic heterocycles. The number of para-hydroxylation sites is 1. The second kappa shape index (κ2) is 9.09. The highest BCUT2D eigenvalue weighted by atomic mass is 16.7. The van der Waals surface area contributed by atoms with Crippen molar-refractivity contribution in [2.45, 2.75) is 19.9 Å². The zero-order chi connectivity index (χ0) is 20.8. The van der Waals surface area contributed by atoms with Crippen molar-refractivity contribution in [3.05, 3.63) is 53.6 Å². The highest BCUT2D eigenvalue weighted by molar-refractivity contribution is 6.02. The Morgan fingerprint density at radius 3 is 2.62 bits per heavy atom. The zero-order valence-corrected chi connectivity index (χ0v) is 16.3. The number of hydrogen-bond donors (Lipinski definition) is 1. The number of methoxy groups -OCH3 is 1. The van der Waals surface area contributed by atoms with E-state index in [9.17, 15) is 14.4 Å². The van der Waals surface area contributed by atoms with Crippen molar-refractivity contribution in [2.75, 3.05) is 25.3 Å². The van der Waals surface area contributed by atoms with E-state index in [2.05, 4.69) is 5.32 Å². The fraction of sp³-hybridized carbons (Fsp3) is 0.286. The lowest BCUT2D eigenvalue weighted by Crippen LogP contribution is -2.34. The first-order valence-corrected chi connectivity index (χ1v) is 9.10. The van der Waals surface area contributed by atoms with Crippen LogP contribution in [0.2, 0.25) is 0 Å². The third-order valence-corrected chi connectivity index (χ3v) is 4.47. The van der Waals surface area contributed by atoms with Gasteiger partial charge in [-0.05, 0) is 29.8 Å². The number of carbonyl (C=O) groups is 3. The smallest absolute Gasteiger partial charge is 0.339 e. The molecular weight excluding hydrogens is 376 g/mol. The van der Waals surface area contributed by atoms with Crippen LogP contribution in [0.4, 0.5) is 5.69 Å². The Labute approximate surface area is 168 Å². The molecule has 0 saturated heterocycles. The first-order chi connectivity index (χ1) is 14.0. The lowest BCUT2D eigenvalue weighted by Gasteiger charge is -2.23. The highest BCUT2D eigenvalue weighted by Gasteiger charge is 2.20. The molecule has 0 spiro atoms. The number of amides is 2. The van der Waals surface area contributed by atoms with Gasteiger partial charge in [0.2, 0.25) is 18.6 Å². The molecule has 2 aromatic carbocycles. The van der Waals surface area contributed by atoms with Crippen molar-refractivity contribution in [1.29, 1.82) is 0 Å². The first-order valence-electron chi connectivity index (χ1n) is 9.10. The Bertz CT molecular complexity index is 927. The van der Waals surface area contributed by atoms with Crippen LogP contribution in [0.1, 0.15) is 29.3 Å². The largest absolute Gasteiger partial charge is 0.465 e. The molecule has 8 heteroatoms. The van der Waals surface area contributed by atoms with Crippen LogP contribution in [-0.4, -0.2) is 38.2 Å². The Kier molecular flexibility index (Phi) is 6.33. The van der Waals surface area contributed by atoms with Gasteiger partial charge in [0.05, 0.1) is 18.4 Å². The summed E-state index contributed by atoms with van der Waals surface area (Å²) in [6.45, 7) is 2.04. The van der Waals surface area contributed by atoms with E-state index in [0.29, 0.717) is 23.7 Å². The maximum atomic E-state index is 12.3. The summed E-state index contributed by atoms with van der Waals surface area (Å²) in [6.07, 6.45) is 0.0830. The molecule has 8 nitrogen and oxygen atoms in total. The summed E-state index contributed by atoms with van der Waals surface area (Å²) in [5.74, 6) is 0.300. The lowest BCUT2D eigenvalue weighted by atomic mass is 10.1. The number of anilines is 1. The first kappa shape index (κ1) is 20.2. The number of benzene rings is 2. The average Bonchev–Trinajstić information content (AvgIpc) is 3.19. The summed E-state index contributed by atoms with van der Waals surface area (Å²) < 4.78 is 15.4. The van der Waals surface area contributed by atoms with E-state index >= 15 is 0 Å². The van der Waals surface area contributed by atoms with E-state index < -0.39 is 5.97 Å². The average molecular weight is 398 g/mol. The molecule has 2 aromatic rings. The minimum Gasteiger partial charge on any atom is -0.465 e. The van der Waals surface area contributed by atoms with E-state index in [4.69, 9.17) is 14.2 Å². The summed E-state index contributed by atoms with van der Waals surface area (Å²) in [5.41, 5.74) is 1.56. The topological polar surface area (TPSA) is 94.2 Å². The fourth-order valence-corrected chi connectivity index (χ4v) is 2.99. The van der Waals surface area contributed by atoms with Gasteiger partial charge in [-0.25, -0.2) is 4.79 Å². The summed E-state index contributed by atoms with van der Waals surface area (Å²) in [7, 11) is 1.28. The molecule has 2 amide bonds. The quantitative estimate of drug-likeness (QED) is 0.719. The summed E-state index contributed by atoms with van der Waals surface area (Å²) in [4.78, 5) is 37.8. The van der Waals surface area contributed by atoms with Crippen LogP contribution in [0.15, 0.2) is 42.5 Å². The standard InChI is InChI=1S/C21H22N2O6/c1-14(24)23(17-6-4-3-5-16(17)21(26)27-2)10-9-20(25)22-12-15-7-8-18-19(11-15)29-13-28-18/h3-8,11H,9-10,12-13H2,1-2H3,(H,22,25). The van der Waals surface area contributed by atoms with Gasteiger partial charge in [-0.3, -0.25) is 9.59 Å². The molecule has 0 atom stereocenters. The minimum atomic E-state index is -0.542. The van der Waals surface area contributed by atoms with Crippen molar-refractivity contribution in [1.82, 2.24) is 5.32 Å². The molecule has 152 valence electrons. The number of rotatable bonds is 7. The van der Waals surface area contributed by atoms with Crippen LogP contribution >= 0.6 is 0 Å². The van der Waals surface area contributed by atoms with Gasteiger partial charge in [0.1, 0.15) is 0 Å². The Balaban J connectivity index is 1.60. The third kappa shape index (κ3) is 4.84. The van der Waals surface area contributed by atoms with Gasteiger partial charge in [0.25, 0.3) is 0 Å². The second-order valence-corrected chi connectivity index (χ2v) is 6.39. The minimum absolute atomic E-state index is 0.0830. The zero-order valence-electron chi connectivity index (χ0n) is 16.3. The van der Waals surface area contributed by atoms with Crippen LogP contribution < -0.4 is 19.7 Å². The normalized spacial score (nSPS) is 11.7. The number of carbonyl (C=O) groups excluding carboxylic acids is 3. The van der Waals surface area contributed by atoms with Crippen molar-refractivity contribution < 1.29 is 28.6 Å². The van der Waals surface area contributed by atoms with Crippen LogP contribution in [0, 0.1) is 0 Å². The molecule has 0 saturated carbocycles. The fourth-order valence-electron chi connectivity index (χ4n) is 2.99. The van der Waals surface area contributed by atoms with Gasteiger partial charge in [-0.15, -0.1) is 0 Å². The van der Waals surface area contributed by atoms with E-state index in [1.807, 2.05) is 12.1 Å². The van der Waals surface area contributed by atoms with E-state index in [-0.39, 0.29) is 37.1 Å². The van der Waals surface area contributed by atoms with Gasteiger partial charge >= 0.3 is 5.97 Å². The summed E-state index contributed by atoms with van der Waals surface area (Å²) in [5, 5.41) is 2.82. The number of fused-ring (bicyclic) bond motifs is 1. The lowest BCUT2D eigenvalue weighted by molar-refractivity contribution is -0.121. The number of nitrogens with zero attached hydrogens (tertiary/aromatic N) is 1. The SMILES string of the molecule is COC(=O)c1ccccc1N(CCC(=O)NCc1ccc2c(c1)OCO2)C(C)=O. The van der Waals surface area contributed by atoms with Crippen molar-refractivity contribution in [3.8, 4) is 11.5 Å². The predicted molar refractivity (Wildman–Crippen MR) is 105 cm³/mol. The molecule has 0 aliphatic carbocycles. The summed E-state index contributed by atoms with van der Waals surface area (Å²) in [6, 6.07) is 12.1. The molecule has 1 heterocycles. The maximum absolute atomic E-state index is 12.3. The molecule has 0 unspecified atom stereocenters. The monoisotopic (exact) mass is 398 g/mol. The molecule has 0 radical (unpaired) electrons. The van der Waals surface area contributed by atoms with Crippen LogP contribution in [0.3, 0.4) is 0 Å². The third-order valence-electron chi connectivity index (χ3n) is 4.47. The van der Waals surface area contributed by atoms with Gasteiger partial charge < -0.3 is 24.4 Å². The molecule has 1 aliphatic heterocycles. The van der Waals surface area contributed by atoms with Gasteiger partial charge in [0.15, 0.2) is 11.5 Å². The van der Waals surface area contributed by atoms with Crippen LogP contribution in [-0.2, 0) is 20.9 Å². The molecule has 1 N–H and O–H groups in total. The van der Waals surface area contributed by atoms with Crippen LogP contribution in [0.25, 0.3) is 0 Å². The Morgan fingerprint density at radius 2 is 1.86 bits per heavy atom. The number of ether oxygens (including phenoxy) is 3. The van der Waals surface area contributed by atoms with Gasteiger partial charge in [-0.2, -0.15) is 0 Å².